The van der Waals surface area contributed by atoms with E-state index in [4.69, 9.17) is 0 Å². The van der Waals surface area contributed by atoms with Gasteiger partial charge in [-0.05, 0) is 32.4 Å². The number of thiazole rings is 2. The zero-order valence-electron chi connectivity index (χ0n) is 13.6. The second-order valence-electron chi connectivity index (χ2n) is 5.45. The van der Waals surface area contributed by atoms with E-state index in [1.807, 2.05) is 17.7 Å². The molecule has 0 aliphatic heterocycles. The van der Waals surface area contributed by atoms with Crippen LogP contribution in [-0.2, 0) is 4.79 Å². The van der Waals surface area contributed by atoms with Gasteiger partial charge >= 0.3 is 0 Å². The topological polar surface area (TPSA) is 54.9 Å². The summed E-state index contributed by atoms with van der Waals surface area (Å²) in [6.45, 7) is 6.08. The summed E-state index contributed by atoms with van der Waals surface area (Å²) in [5.41, 5.74) is 5.38. The molecule has 1 aromatic carbocycles. The molecule has 1 amide bonds. The molecule has 0 saturated heterocycles. The minimum absolute atomic E-state index is 0.0604. The number of aromatic nitrogens is 2. The van der Waals surface area contributed by atoms with Crippen molar-refractivity contribution in [2.75, 3.05) is 11.1 Å². The molecule has 1 N–H and O–H groups in total. The summed E-state index contributed by atoms with van der Waals surface area (Å²) in [4.78, 5) is 21.0. The predicted octanol–water partition coefficient (Wildman–Crippen LogP) is 4.92. The van der Waals surface area contributed by atoms with Crippen molar-refractivity contribution in [1.82, 2.24) is 9.97 Å². The molecule has 2 aromatic heterocycles. The number of benzene rings is 1. The number of hydrogen-bond acceptors (Lipinski definition) is 6. The Morgan fingerprint density at radius 1 is 1.17 bits per heavy atom. The monoisotopic (exact) mass is 375 g/mol. The average Bonchev–Trinajstić information content (AvgIpc) is 3.17. The van der Waals surface area contributed by atoms with Gasteiger partial charge in [-0.1, -0.05) is 29.5 Å². The highest BCUT2D eigenvalue weighted by atomic mass is 32.2. The van der Waals surface area contributed by atoms with Crippen LogP contribution in [0, 0.1) is 20.8 Å². The molecule has 3 rings (SSSR count). The van der Waals surface area contributed by atoms with Gasteiger partial charge in [0.1, 0.15) is 0 Å². The number of nitrogens with zero attached hydrogens (tertiary/aromatic N) is 2. The van der Waals surface area contributed by atoms with E-state index in [1.54, 1.807) is 11.3 Å². The third-order valence-corrected chi connectivity index (χ3v) is 6.24. The zero-order chi connectivity index (χ0) is 17.1. The van der Waals surface area contributed by atoms with Crippen LogP contribution in [0.4, 0.5) is 5.13 Å². The molecule has 7 heteroatoms. The molecule has 2 heterocycles. The largest absolute Gasteiger partial charge is 0.301 e. The summed E-state index contributed by atoms with van der Waals surface area (Å²) in [6, 6.07) is 6.30. The van der Waals surface area contributed by atoms with Crippen LogP contribution in [0.3, 0.4) is 0 Å². The van der Waals surface area contributed by atoms with Crippen LogP contribution in [0.15, 0.2) is 33.3 Å². The first-order valence-electron chi connectivity index (χ1n) is 7.39. The quantitative estimate of drug-likeness (QED) is 0.643. The number of amides is 1. The van der Waals surface area contributed by atoms with E-state index in [9.17, 15) is 4.79 Å². The SMILES string of the molecule is Cc1ccc(C)c(-c2csc(NC(=O)CSc3nc(C)cs3)n2)c1. The van der Waals surface area contributed by atoms with Crippen molar-refractivity contribution in [2.24, 2.45) is 0 Å². The van der Waals surface area contributed by atoms with Crippen molar-refractivity contribution in [3.63, 3.8) is 0 Å². The van der Waals surface area contributed by atoms with Gasteiger partial charge in [0.25, 0.3) is 0 Å². The van der Waals surface area contributed by atoms with Gasteiger partial charge in [0, 0.05) is 22.0 Å². The lowest BCUT2D eigenvalue weighted by molar-refractivity contribution is -0.113. The number of anilines is 1. The number of aryl methyl sites for hydroxylation is 3. The highest BCUT2D eigenvalue weighted by molar-refractivity contribution is 8.01. The van der Waals surface area contributed by atoms with Crippen molar-refractivity contribution in [2.45, 2.75) is 25.1 Å². The van der Waals surface area contributed by atoms with Gasteiger partial charge in [-0.2, -0.15) is 0 Å². The van der Waals surface area contributed by atoms with Crippen LogP contribution < -0.4 is 5.32 Å². The smallest absolute Gasteiger partial charge is 0.236 e. The molecule has 0 fully saturated rings. The maximum absolute atomic E-state index is 12.1. The maximum Gasteiger partial charge on any atom is 0.236 e. The van der Waals surface area contributed by atoms with Gasteiger partial charge in [0.15, 0.2) is 9.47 Å². The van der Waals surface area contributed by atoms with Crippen molar-refractivity contribution >= 4 is 45.5 Å². The molecular formula is C17H17N3OS3. The van der Waals surface area contributed by atoms with Gasteiger partial charge in [-0.3, -0.25) is 4.79 Å². The molecule has 0 aliphatic rings. The number of rotatable bonds is 5. The normalized spacial score (nSPS) is 10.8. The van der Waals surface area contributed by atoms with E-state index < -0.39 is 0 Å². The standard InChI is InChI=1S/C17H17N3OS3/c1-10-4-5-11(2)13(6-10)14-8-22-16(19-14)20-15(21)9-24-17-18-12(3)7-23-17/h4-8H,9H2,1-3H3,(H,19,20,21). The molecule has 3 aromatic rings. The first-order valence-corrected chi connectivity index (χ1v) is 10.1. The molecule has 0 atom stereocenters. The fraction of sp³-hybridized carbons (Fsp3) is 0.235. The second-order valence-corrected chi connectivity index (χ2v) is 8.39. The van der Waals surface area contributed by atoms with Gasteiger partial charge in [0.2, 0.25) is 5.91 Å². The number of nitrogens with one attached hydrogen (secondary N) is 1. The van der Waals surface area contributed by atoms with Crippen molar-refractivity contribution < 1.29 is 4.79 Å². The van der Waals surface area contributed by atoms with Crippen LogP contribution in [0.2, 0.25) is 0 Å². The fourth-order valence-electron chi connectivity index (χ4n) is 2.15. The zero-order valence-corrected chi connectivity index (χ0v) is 16.1. The maximum atomic E-state index is 12.1. The van der Waals surface area contributed by atoms with Crippen molar-refractivity contribution in [1.29, 1.82) is 0 Å². The Labute approximate surface area is 153 Å². The molecule has 0 spiro atoms. The summed E-state index contributed by atoms with van der Waals surface area (Å²) in [5.74, 6) is 0.278. The van der Waals surface area contributed by atoms with Crippen LogP contribution >= 0.6 is 34.4 Å². The molecule has 0 bridgehead atoms. The molecule has 24 heavy (non-hydrogen) atoms. The Morgan fingerprint density at radius 2 is 2.00 bits per heavy atom. The molecule has 124 valence electrons. The van der Waals surface area contributed by atoms with Gasteiger partial charge < -0.3 is 5.32 Å². The summed E-state index contributed by atoms with van der Waals surface area (Å²) >= 11 is 4.46. The summed E-state index contributed by atoms with van der Waals surface area (Å²) in [6.07, 6.45) is 0. The lowest BCUT2D eigenvalue weighted by Crippen LogP contribution is -2.13. The highest BCUT2D eigenvalue weighted by Crippen LogP contribution is 2.28. The first kappa shape index (κ1) is 17.1. The number of hydrogen-bond donors (Lipinski definition) is 1. The molecule has 0 unspecified atom stereocenters. The lowest BCUT2D eigenvalue weighted by Gasteiger charge is -2.04. The van der Waals surface area contributed by atoms with Gasteiger partial charge in [0.05, 0.1) is 11.4 Å². The molecule has 0 radical (unpaired) electrons. The van der Waals surface area contributed by atoms with Gasteiger partial charge in [-0.15, -0.1) is 22.7 Å². The lowest BCUT2D eigenvalue weighted by atomic mass is 10.0. The predicted molar refractivity (Wildman–Crippen MR) is 103 cm³/mol. The van der Waals surface area contributed by atoms with E-state index >= 15 is 0 Å². The second kappa shape index (κ2) is 7.46. The van der Waals surface area contributed by atoms with Crippen molar-refractivity contribution in [3.8, 4) is 11.3 Å². The Morgan fingerprint density at radius 3 is 2.75 bits per heavy atom. The van der Waals surface area contributed by atoms with E-state index in [2.05, 4.69) is 47.3 Å². The Kier molecular flexibility index (Phi) is 5.33. The van der Waals surface area contributed by atoms with Crippen LogP contribution in [0.25, 0.3) is 11.3 Å². The minimum atomic E-state index is -0.0604. The molecule has 4 nitrogen and oxygen atoms in total. The fourth-order valence-corrected chi connectivity index (χ4v) is 4.52. The summed E-state index contributed by atoms with van der Waals surface area (Å²) in [7, 11) is 0. The van der Waals surface area contributed by atoms with E-state index in [-0.39, 0.29) is 5.91 Å². The van der Waals surface area contributed by atoms with Crippen LogP contribution in [0.5, 0.6) is 0 Å². The average molecular weight is 376 g/mol. The Bertz CT molecular complexity index is 870. The van der Waals surface area contributed by atoms with Gasteiger partial charge in [-0.25, -0.2) is 9.97 Å². The van der Waals surface area contributed by atoms with Crippen LogP contribution in [0.1, 0.15) is 16.8 Å². The third kappa shape index (κ3) is 4.23. The van der Waals surface area contributed by atoms with Crippen LogP contribution in [-0.4, -0.2) is 21.6 Å². The van der Waals surface area contributed by atoms with E-state index in [1.165, 1.54) is 34.2 Å². The Balaban J connectivity index is 1.63. The molecular weight excluding hydrogens is 358 g/mol. The highest BCUT2D eigenvalue weighted by Gasteiger charge is 2.11. The minimum Gasteiger partial charge on any atom is -0.301 e. The van der Waals surface area contributed by atoms with E-state index in [0.717, 1.165) is 21.3 Å². The third-order valence-electron chi connectivity index (χ3n) is 3.34. The number of thioether (sulfide) groups is 1. The van der Waals surface area contributed by atoms with E-state index in [0.29, 0.717) is 10.9 Å². The summed E-state index contributed by atoms with van der Waals surface area (Å²) < 4.78 is 0.915. The number of carbonyl (C=O) groups excluding carboxylic acids is 1. The van der Waals surface area contributed by atoms with Crippen molar-refractivity contribution in [3.05, 3.63) is 45.8 Å². The Hall–Kier alpha value is -1.70. The number of carbonyl (C=O) groups is 1. The molecule has 0 saturated carbocycles. The molecule has 0 aliphatic carbocycles. The first-order chi connectivity index (χ1) is 11.5. The summed E-state index contributed by atoms with van der Waals surface area (Å²) in [5, 5.41) is 7.46.